The molecule has 2 unspecified atom stereocenters. The molecule has 24 heavy (non-hydrogen) atoms. The van der Waals surface area contributed by atoms with Gasteiger partial charge in [0.2, 0.25) is 5.91 Å². The van der Waals surface area contributed by atoms with E-state index >= 15 is 0 Å². The van der Waals surface area contributed by atoms with Crippen molar-refractivity contribution < 1.29 is 9.90 Å². The Balaban J connectivity index is 2.57. The number of allylic oxidation sites excluding steroid dienone is 6. The Labute approximate surface area is 145 Å². The lowest BCUT2D eigenvalue weighted by molar-refractivity contribution is -0.125. The third-order valence-corrected chi connectivity index (χ3v) is 4.07. The summed E-state index contributed by atoms with van der Waals surface area (Å²) in [6, 6.07) is 7.03. The lowest BCUT2D eigenvalue weighted by Gasteiger charge is -2.20. The van der Waals surface area contributed by atoms with Gasteiger partial charge in [0.25, 0.3) is 0 Å². The molecule has 0 radical (unpaired) electrons. The van der Waals surface area contributed by atoms with Crippen molar-refractivity contribution in [2.75, 3.05) is 6.54 Å². The Morgan fingerprint density at radius 3 is 2.42 bits per heavy atom. The Morgan fingerprint density at radius 1 is 1.17 bits per heavy atom. The summed E-state index contributed by atoms with van der Waals surface area (Å²) in [5, 5.41) is 12.2. The lowest BCUT2D eigenvalue weighted by atomic mass is 9.87. The highest BCUT2D eigenvalue weighted by molar-refractivity contribution is 5.79. The average Bonchev–Trinajstić information content (AvgIpc) is 2.59. The number of nitrogens with one attached hydrogen (secondary N) is 1. The minimum absolute atomic E-state index is 0.0308. The van der Waals surface area contributed by atoms with Gasteiger partial charge in [-0.25, -0.2) is 0 Å². The zero-order chi connectivity index (χ0) is 17.9. The third kappa shape index (κ3) is 6.29. The number of phenols is 1. The van der Waals surface area contributed by atoms with Crippen LogP contribution in [0, 0.1) is 11.8 Å². The van der Waals surface area contributed by atoms with Gasteiger partial charge in [0.15, 0.2) is 0 Å². The number of phenolic OH excluding ortho intramolecular Hbond substituents is 1. The molecule has 3 nitrogen and oxygen atoms in total. The summed E-state index contributed by atoms with van der Waals surface area (Å²) in [5.41, 5.74) is 2.13. The van der Waals surface area contributed by atoms with E-state index in [2.05, 4.69) is 18.5 Å². The predicted octanol–water partition coefficient (Wildman–Crippen LogP) is 4.18. The lowest BCUT2D eigenvalue weighted by Crippen LogP contribution is -2.34. The molecule has 1 aromatic carbocycles. The maximum absolute atomic E-state index is 12.4. The molecule has 0 bridgehead atoms. The van der Waals surface area contributed by atoms with Gasteiger partial charge < -0.3 is 10.4 Å². The summed E-state index contributed by atoms with van der Waals surface area (Å²) in [7, 11) is 0. The molecule has 128 valence electrons. The molecule has 0 aromatic heterocycles. The summed E-state index contributed by atoms with van der Waals surface area (Å²) < 4.78 is 0. The molecular formula is C21H27NO2. The minimum Gasteiger partial charge on any atom is -0.508 e. The van der Waals surface area contributed by atoms with Crippen molar-refractivity contribution in [3.63, 3.8) is 0 Å². The van der Waals surface area contributed by atoms with Crippen LogP contribution in [0.15, 0.2) is 73.4 Å². The van der Waals surface area contributed by atoms with E-state index in [0.717, 1.165) is 17.6 Å². The van der Waals surface area contributed by atoms with Crippen molar-refractivity contribution in [1.82, 2.24) is 5.32 Å². The molecule has 1 rings (SSSR count). The van der Waals surface area contributed by atoms with E-state index in [9.17, 15) is 9.90 Å². The molecule has 0 saturated heterocycles. The number of amides is 1. The summed E-state index contributed by atoms with van der Waals surface area (Å²) in [4.78, 5) is 12.4. The molecule has 2 atom stereocenters. The second-order valence-corrected chi connectivity index (χ2v) is 5.78. The van der Waals surface area contributed by atoms with E-state index < -0.39 is 0 Å². The van der Waals surface area contributed by atoms with Crippen LogP contribution in [-0.4, -0.2) is 17.6 Å². The Morgan fingerprint density at radius 2 is 1.83 bits per heavy atom. The Kier molecular flexibility index (Phi) is 8.34. The fraction of sp³-hybridized carbons (Fsp3) is 0.286. The Bertz CT molecular complexity index is 611. The van der Waals surface area contributed by atoms with Crippen molar-refractivity contribution in [3.8, 4) is 5.75 Å². The second-order valence-electron chi connectivity index (χ2n) is 5.78. The normalized spacial score (nSPS) is 14.2. The summed E-state index contributed by atoms with van der Waals surface area (Å²) in [5.74, 6) is 0.209. The first-order valence-electron chi connectivity index (χ1n) is 8.17. The first-order valence-corrected chi connectivity index (χ1v) is 8.17. The van der Waals surface area contributed by atoms with Gasteiger partial charge in [-0.1, -0.05) is 69.5 Å². The average molecular weight is 325 g/mol. The van der Waals surface area contributed by atoms with Gasteiger partial charge in [-0.3, -0.25) is 4.79 Å². The molecule has 1 amide bonds. The zero-order valence-electron chi connectivity index (χ0n) is 14.5. The fourth-order valence-electron chi connectivity index (χ4n) is 2.34. The van der Waals surface area contributed by atoms with Gasteiger partial charge in [0.1, 0.15) is 5.75 Å². The molecule has 1 aromatic rings. The van der Waals surface area contributed by atoms with Crippen LogP contribution in [0.5, 0.6) is 5.75 Å². The number of hydrogen-bond acceptors (Lipinski definition) is 2. The molecular weight excluding hydrogens is 298 g/mol. The fourth-order valence-corrected chi connectivity index (χ4v) is 2.34. The van der Waals surface area contributed by atoms with Crippen LogP contribution in [0.4, 0.5) is 0 Å². The molecule has 0 fully saturated rings. The van der Waals surface area contributed by atoms with Gasteiger partial charge in [0, 0.05) is 12.5 Å². The molecule has 0 aliphatic rings. The summed E-state index contributed by atoms with van der Waals surface area (Å²) in [6.07, 6.45) is 9.92. The van der Waals surface area contributed by atoms with E-state index in [1.54, 1.807) is 24.3 Å². The van der Waals surface area contributed by atoms with Gasteiger partial charge in [-0.15, -0.1) is 0 Å². The van der Waals surface area contributed by atoms with Gasteiger partial charge in [0.05, 0.1) is 0 Å². The maximum atomic E-state index is 12.4. The molecule has 0 aliphatic heterocycles. The number of carbonyl (C=O) groups excluding carboxylic acids is 1. The first-order chi connectivity index (χ1) is 11.5. The van der Waals surface area contributed by atoms with Crippen LogP contribution in [0.2, 0.25) is 0 Å². The molecule has 0 heterocycles. The van der Waals surface area contributed by atoms with Crippen molar-refractivity contribution in [2.45, 2.75) is 20.3 Å². The van der Waals surface area contributed by atoms with Crippen molar-refractivity contribution in [2.24, 2.45) is 11.8 Å². The third-order valence-electron chi connectivity index (χ3n) is 4.07. The highest BCUT2D eigenvalue weighted by atomic mass is 16.3. The van der Waals surface area contributed by atoms with Crippen LogP contribution < -0.4 is 5.32 Å². The van der Waals surface area contributed by atoms with Crippen LogP contribution in [0.3, 0.4) is 0 Å². The van der Waals surface area contributed by atoms with E-state index in [-0.39, 0.29) is 23.5 Å². The molecule has 2 N–H and O–H groups in total. The maximum Gasteiger partial charge on any atom is 0.223 e. The largest absolute Gasteiger partial charge is 0.508 e. The zero-order valence-corrected chi connectivity index (χ0v) is 14.5. The van der Waals surface area contributed by atoms with E-state index in [1.807, 2.05) is 44.2 Å². The number of aromatic hydroxyl groups is 1. The van der Waals surface area contributed by atoms with Crippen molar-refractivity contribution in [1.29, 1.82) is 0 Å². The highest BCUT2D eigenvalue weighted by Crippen LogP contribution is 2.22. The second kappa shape index (κ2) is 10.3. The van der Waals surface area contributed by atoms with Crippen LogP contribution in [0.25, 0.3) is 0 Å². The minimum atomic E-state index is -0.148. The number of rotatable bonds is 9. The smallest absolute Gasteiger partial charge is 0.223 e. The SMILES string of the molecule is C=C/C=C\C(=C/C=C)C(C)C(C)C(=O)NCCc1ccc(O)cc1. The summed E-state index contributed by atoms with van der Waals surface area (Å²) in [6.45, 7) is 11.9. The predicted molar refractivity (Wildman–Crippen MR) is 101 cm³/mol. The van der Waals surface area contributed by atoms with Crippen LogP contribution >= 0.6 is 0 Å². The first kappa shape index (κ1) is 19.5. The standard InChI is InChI=1S/C21H27NO2/c1-5-7-9-19(8-6-2)16(3)17(4)21(24)22-15-14-18-10-12-20(23)13-11-18/h5-13,16-17,23H,1-2,14-15H2,3-4H3,(H,22,24)/b9-7-,19-8+. The van der Waals surface area contributed by atoms with Gasteiger partial charge >= 0.3 is 0 Å². The van der Waals surface area contributed by atoms with Gasteiger partial charge in [-0.05, 0) is 35.6 Å². The topological polar surface area (TPSA) is 49.3 Å². The number of carbonyl (C=O) groups is 1. The van der Waals surface area contributed by atoms with E-state index in [0.29, 0.717) is 6.54 Å². The quantitative estimate of drug-likeness (QED) is 0.669. The molecule has 0 spiro atoms. The monoisotopic (exact) mass is 325 g/mol. The van der Waals surface area contributed by atoms with E-state index in [4.69, 9.17) is 0 Å². The molecule has 3 heteroatoms. The van der Waals surface area contributed by atoms with Crippen LogP contribution in [-0.2, 0) is 11.2 Å². The highest BCUT2D eigenvalue weighted by Gasteiger charge is 2.21. The summed E-state index contributed by atoms with van der Waals surface area (Å²) >= 11 is 0. The van der Waals surface area contributed by atoms with E-state index in [1.165, 1.54) is 0 Å². The number of benzene rings is 1. The van der Waals surface area contributed by atoms with Gasteiger partial charge in [-0.2, -0.15) is 0 Å². The van der Waals surface area contributed by atoms with Crippen molar-refractivity contribution in [3.05, 3.63) is 78.9 Å². The van der Waals surface area contributed by atoms with Crippen molar-refractivity contribution >= 4 is 5.91 Å². The number of hydrogen-bond donors (Lipinski definition) is 2. The molecule has 0 saturated carbocycles. The Hall–Kier alpha value is -2.55. The molecule has 0 aliphatic carbocycles. The van der Waals surface area contributed by atoms with Crippen LogP contribution in [0.1, 0.15) is 19.4 Å².